The molecule has 1 unspecified atom stereocenters. The van der Waals surface area contributed by atoms with Gasteiger partial charge >= 0.3 is 0 Å². The summed E-state index contributed by atoms with van der Waals surface area (Å²) in [5.41, 5.74) is 2.79. The lowest BCUT2D eigenvalue weighted by Crippen LogP contribution is -2.42. The Bertz CT molecular complexity index is 707. The van der Waals surface area contributed by atoms with Gasteiger partial charge in [0.1, 0.15) is 6.33 Å². The molecule has 5 heteroatoms. The van der Waals surface area contributed by atoms with Gasteiger partial charge in [-0.3, -0.25) is 4.90 Å². The highest BCUT2D eigenvalue weighted by molar-refractivity contribution is 5.44. The molecule has 1 saturated heterocycles. The molecule has 0 radical (unpaired) electrons. The molecule has 24 heavy (non-hydrogen) atoms. The second-order valence-electron chi connectivity index (χ2n) is 7.24. The highest BCUT2D eigenvalue weighted by Crippen LogP contribution is 2.37. The molecule has 5 nitrogen and oxygen atoms in total. The Balaban J connectivity index is 1.44. The van der Waals surface area contributed by atoms with Crippen LogP contribution in [0.1, 0.15) is 30.9 Å². The average Bonchev–Trinajstić information content (AvgIpc) is 3.03. The van der Waals surface area contributed by atoms with Crippen LogP contribution in [-0.2, 0) is 13.0 Å². The SMILES string of the molecule is CC1(Cc2ccc3c(c2)OCO3)CCCN(Cc2cncnc2)C1. The predicted molar refractivity (Wildman–Crippen MR) is 90.9 cm³/mol. The van der Waals surface area contributed by atoms with Crippen LogP contribution in [0.5, 0.6) is 11.5 Å². The van der Waals surface area contributed by atoms with E-state index >= 15 is 0 Å². The van der Waals surface area contributed by atoms with Gasteiger partial charge in [-0.1, -0.05) is 13.0 Å². The fourth-order valence-corrected chi connectivity index (χ4v) is 3.92. The van der Waals surface area contributed by atoms with Crippen molar-refractivity contribution in [3.63, 3.8) is 0 Å². The van der Waals surface area contributed by atoms with Crippen molar-refractivity contribution in [3.05, 3.63) is 48.0 Å². The van der Waals surface area contributed by atoms with E-state index in [1.165, 1.54) is 24.0 Å². The zero-order valence-electron chi connectivity index (χ0n) is 14.1. The number of benzene rings is 1. The van der Waals surface area contributed by atoms with Crippen LogP contribution >= 0.6 is 0 Å². The normalized spacial score (nSPS) is 23.4. The van der Waals surface area contributed by atoms with Gasteiger partial charge in [0.2, 0.25) is 6.79 Å². The van der Waals surface area contributed by atoms with Crippen LogP contribution < -0.4 is 9.47 Å². The summed E-state index contributed by atoms with van der Waals surface area (Å²) in [6, 6.07) is 6.34. The number of ether oxygens (including phenoxy) is 2. The maximum absolute atomic E-state index is 5.51. The van der Waals surface area contributed by atoms with Crippen LogP contribution in [-0.4, -0.2) is 34.8 Å². The van der Waals surface area contributed by atoms with Crippen LogP contribution in [0.25, 0.3) is 0 Å². The van der Waals surface area contributed by atoms with Gasteiger partial charge in [0, 0.05) is 31.0 Å². The molecule has 126 valence electrons. The quantitative estimate of drug-likeness (QED) is 0.865. The molecule has 0 saturated carbocycles. The molecule has 1 aromatic carbocycles. The van der Waals surface area contributed by atoms with E-state index in [-0.39, 0.29) is 5.41 Å². The van der Waals surface area contributed by atoms with Crippen LogP contribution in [0.2, 0.25) is 0 Å². The molecule has 0 spiro atoms. The average molecular weight is 325 g/mol. The second-order valence-corrected chi connectivity index (χ2v) is 7.24. The Morgan fingerprint density at radius 2 is 1.96 bits per heavy atom. The Labute approximate surface area is 142 Å². The molecule has 1 atom stereocenters. The van der Waals surface area contributed by atoms with E-state index in [1.54, 1.807) is 6.33 Å². The lowest BCUT2D eigenvalue weighted by atomic mass is 9.77. The van der Waals surface area contributed by atoms with Gasteiger partial charge in [-0.25, -0.2) is 9.97 Å². The van der Waals surface area contributed by atoms with Crippen molar-refractivity contribution < 1.29 is 9.47 Å². The van der Waals surface area contributed by atoms with E-state index in [0.717, 1.165) is 37.6 Å². The minimum Gasteiger partial charge on any atom is -0.454 e. The van der Waals surface area contributed by atoms with E-state index < -0.39 is 0 Å². The number of piperidine rings is 1. The number of hydrogen-bond acceptors (Lipinski definition) is 5. The Kier molecular flexibility index (Phi) is 4.10. The Morgan fingerprint density at radius 3 is 2.83 bits per heavy atom. The van der Waals surface area contributed by atoms with Gasteiger partial charge in [-0.15, -0.1) is 0 Å². The van der Waals surface area contributed by atoms with Crippen LogP contribution in [0.3, 0.4) is 0 Å². The number of rotatable bonds is 4. The van der Waals surface area contributed by atoms with Gasteiger partial charge < -0.3 is 9.47 Å². The van der Waals surface area contributed by atoms with E-state index in [2.05, 4.69) is 33.9 Å². The molecular weight excluding hydrogens is 302 g/mol. The van der Waals surface area contributed by atoms with E-state index in [4.69, 9.17) is 9.47 Å². The molecule has 0 aliphatic carbocycles. The first-order valence-electron chi connectivity index (χ1n) is 8.55. The summed E-state index contributed by atoms with van der Waals surface area (Å²) in [6.45, 7) is 5.90. The van der Waals surface area contributed by atoms with Crippen LogP contribution in [0, 0.1) is 5.41 Å². The van der Waals surface area contributed by atoms with Gasteiger partial charge in [-0.05, 0) is 48.9 Å². The van der Waals surface area contributed by atoms with Crippen molar-refractivity contribution in [1.82, 2.24) is 14.9 Å². The molecular formula is C19H23N3O2. The first-order valence-corrected chi connectivity index (χ1v) is 8.55. The topological polar surface area (TPSA) is 47.5 Å². The maximum Gasteiger partial charge on any atom is 0.231 e. The zero-order valence-corrected chi connectivity index (χ0v) is 14.1. The first-order chi connectivity index (χ1) is 11.7. The van der Waals surface area contributed by atoms with Crippen molar-refractivity contribution in [2.24, 2.45) is 5.41 Å². The van der Waals surface area contributed by atoms with Gasteiger partial charge in [0.05, 0.1) is 0 Å². The third-order valence-electron chi connectivity index (χ3n) is 4.95. The highest BCUT2D eigenvalue weighted by atomic mass is 16.7. The maximum atomic E-state index is 5.51. The second kappa shape index (κ2) is 6.40. The summed E-state index contributed by atoms with van der Waals surface area (Å²) in [6.07, 6.45) is 8.96. The van der Waals surface area contributed by atoms with Crippen molar-refractivity contribution >= 4 is 0 Å². The third kappa shape index (κ3) is 3.36. The fraction of sp³-hybridized carbons (Fsp3) is 0.474. The molecule has 0 N–H and O–H groups in total. The molecule has 4 rings (SSSR count). The van der Waals surface area contributed by atoms with Crippen molar-refractivity contribution in [2.45, 2.75) is 32.7 Å². The molecule has 1 fully saturated rings. The minimum absolute atomic E-state index is 0.279. The molecule has 2 aliphatic heterocycles. The summed E-state index contributed by atoms with van der Waals surface area (Å²) in [4.78, 5) is 10.8. The van der Waals surface area contributed by atoms with E-state index in [1.807, 2.05) is 18.5 Å². The predicted octanol–water partition coefficient (Wildman–Crippen LogP) is 3.05. The molecule has 0 bridgehead atoms. The van der Waals surface area contributed by atoms with E-state index in [9.17, 15) is 0 Å². The molecule has 1 aromatic heterocycles. The summed E-state index contributed by atoms with van der Waals surface area (Å²) in [7, 11) is 0. The first kappa shape index (κ1) is 15.4. The van der Waals surface area contributed by atoms with Gasteiger partial charge in [0.25, 0.3) is 0 Å². The minimum atomic E-state index is 0.279. The molecule has 3 heterocycles. The van der Waals surface area contributed by atoms with Crippen molar-refractivity contribution in [3.8, 4) is 11.5 Å². The summed E-state index contributed by atoms with van der Waals surface area (Å²) in [5.74, 6) is 1.74. The van der Waals surface area contributed by atoms with Crippen LogP contribution in [0.15, 0.2) is 36.9 Å². The van der Waals surface area contributed by atoms with Gasteiger partial charge in [0.15, 0.2) is 11.5 Å². The van der Waals surface area contributed by atoms with Gasteiger partial charge in [-0.2, -0.15) is 0 Å². The third-order valence-corrected chi connectivity index (χ3v) is 4.95. The van der Waals surface area contributed by atoms with Crippen molar-refractivity contribution in [1.29, 1.82) is 0 Å². The van der Waals surface area contributed by atoms with Crippen molar-refractivity contribution in [2.75, 3.05) is 19.9 Å². The molecule has 2 aromatic rings. The number of likely N-dealkylation sites (tertiary alicyclic amines) is 1. The number of nitrogens with zero attached hydrogens (tertiary/aromatic N) is 3. The zero-order chi connectivity index (χ0) is 16.4. The lowest BCUT2D eigenvalue weighted by Gasteiger charge is -2.40. The summed E-state index contributed by atoms with van der Waals surface area (Å²) in [5, 5.41) is 0. The molecule has 2 aliphatic rings. The Morgan fingerprint density at radius 1 is 1.12 bits per heavy atom. The largest absolute Gasteiger partial charge is 0.454 e. The summed E-state index contributed by atoms with van der Waals surface area (Å²) >= 11 is 0. The highest BCUT2D eigenvalue weighted by Gasteiger charge is 2.31. The molecule has 0 amide bonds. The summed E-state index contributed by atoms with van der Waals surface area (Å²) < 4.78 is 10.9. The number of fused-ring (bicyclic) bond motifs is 1. The lowest BCUT2D eigenvalue weighted by molar-refractivity contribution is 0.0968. The van der Waals surface area contributed by atoms with E-state index in [0.29, 0.717) is 6.79 Å². The number of hydrogen-bond donors (Lipinski definition) is 0. The smallest absolute Gasteiger partial charge is 0.231 e. The fourth-order valence-electron chi connectivity index (χ4n) is 3.92. The Hall–Kier alpha value is -2.14. The van der Waals surface area contributed by atoms with Crippen LogP contribution in [0.4, 0.5) is 0 Å². The standard InChI is InChI=1S/C19H23N3O2/c1-19(8-15-3-4-17-18(7-15)24-14-23-17)5-2-6-22(12-19)11-16-9-20-13-21-10-16/h3-4,7,9-10,13H,2,5-6,8,11-12,14H2,1H3. The number of aromatic nitrogens is 2. The monoisotopic (exact) mass is 325 g/mol.